The molecule has 0 aliphatic rings. The number of carbonyl (C=O) groups is 1. The maximum absolute atomic E-state index is 12.5. The number of hydrogen-bond acceptors (Lipinski definition) is 4. The summed E-state index contributed by atoms with van der Waals surface area (Å²) in [5.74, 6) is 0.0158. The maximum Gasteiger partial charge on any atom is 0.224 e. The molecule has 0 radical (unpaired) electrons. The predicted octanol–water partition coefficient (Wildman–Crippen LogP) is 3.86. The normalized spacial score (nSPS) is 11.0. The Hall–Kier alpha value is -2.99. The third kappa shape index (κ3) is 3.61. The highest BCUT2D eigenvalue weighted by Crippen LogP contribution is 2.27. The zero-order chi connectivity index (χ0) is 18.8. The topological polar surface area (TPSA) is 59.8 Å². The van der Waals surface area contributed by atoms with Crippen LogP contribution in [0.15, 0.2) is 55.0 Å². The fourth-order valence-electron chi connectivity index (χ4n) is 3.19. The largest absolute Gasteiger partial charge is 0.351 e. The van der Waals surface area contributed by atoms with E-state index < -0.39 is 0 Å². The van der Waals surface area contributed by atoms with Gasteiger partial charge in [0.25, 0.3) is 0 Å². The smallest absolute Gasteiger partial charge is 0.224 e. The third-order valence-electron chi connectivity index (χ3n) is 4.58. The van der Waals surface area contributed by atoms with Crippen LogP contribution in [0, 0.1) is 6.92 Å². The van der Waals surface area contributed by atoms with E-state index in [1.54, 1.807) is 23.7 Å². The summed E-state index contributed by atoms with van der Waals surface area (Å²) in [7, 11) is 2.00. The van der Waals surface area contributed by atoms with Crippen LogP contribution in [0.4, 0.5) is 0 Å². The van der Waals surface area contributed by atoms with E-state index in [4.69, 9.17) is 0 Å². The lowest BCUT2D eigenvalue weighted by molar-refractivity contribution is -0.120. The van der Waals surface area contributed by atoms with Crippen LogP contribution in [0.5, 0.6) is 0 Å². The molecular weight excluding hydrogens is 356 g/mol. The minimum absolute atomic E-state index is 0.0158. The summed E-state index contributed by atoms with van der Waals surface area (Å²) in [6.07, 6.45) is 5.96. The molecule has 0 bridgehead atoms. The number of rotatable bonds is 5. The van der Waals surface area contributed by atoms with Crippen LogP contribution in [0.3, 0.4) is 0 Å². The molecule has 0 fully saturated rings. The number of nitrogens with one attached hydrogen (secondary N) is 1. The molecule has 1 amide bonds. The van der Waals surface area contributed by atoms with E-state index in [9.17, 15) is 4.79 Å². The van der Waals surface area contributed by atoms with Gasteiger partial charge in [0, 0.05) is 47.0 Å². The van der Waals surface area contributed by atoms with Crippen molar-refractivity contribution >= 4 is 28.1 Å². The Balaban J connectivity index is 1.44. The molecular formula is C21H20N4OS. The lowest BCUT2D eigenvalue weighted by Gasteiger charge is -2.03. The second kappa shape index (κ2) is 7.32. The lowest BCUT2D eigenvalue weighted by atomic mass is 10.1. The van der Waals surface area contributed by atoms with Crippen molar-refractivity contribution in [3.63, 3.8) is 0 Å². The summed E-state index contributed by atoms with van der Waals surface area (Å²) >= 11 is 1.60. The van der Waals surface area contributed by atoms with Crippen molar-refractivity contribution < 1.29 is 4.79 Å². The number of fused-ring (bicyclic) bond motifs is 1. The first-order valence-corrected chi connectivity index (χ1v) is 9.60. The molecule has 4 aromatic rings. The first-order valence-electron chi connectivity index (χ1n) is 8.78. The number of aromatic nitrogens is 3. The van der Waals surface area contributed by atoms with E-state index in [1.165, 1.54) is 0 Å². The molecule has 136 valence electrons. The number of benzene rings is 1. The van der Waals surface area contributed by atoms with Crippen LogP contribution < -0.4 is 5.32 Å². The Labute approximate surface area is 161 Å². The first kappa shape index (κ1) is 17.4. The van der Waals surface area contributed by atoms with E-state index in [2.05, 4.69) is 32.0 Å². The van der Waals surface area contributed by atoms with Gasteiger partial charge in [0.05, 0.1) is 18.7 Å². The molecule has 27 heavy (non-hydrogen) atoms. The van der Waals surface area contributed by atoms with E-state index in [1.807, 2.05) is 44.4 Å². The highest BCUT2D eigenvalue weighted by molar-refractivity contribution is 7.15. The van der Waals surface area contributed by atoms with Crippen LogP contribution in [-0.4, -0.2) is 20.4 Å². The zero-order valence-electron chi connectivity index (χ0n) is 15.3. The molecule has 5 nitrogen and oxygen atoms in total. The van der Waals surface area contributed by atoms with Crippen LogP contribution in [0.25, 0.3) is 21.5 Å². The number of nitrogens with zero attached hydrogens (tertiary/aromatic N) is 3. The number of thiazole rings is 1. The van der Waals surface area contributed by atoms with Gasteiger partial charge in [0.15, 0.2) is 0 Å². The van der Waals surface area contributed by atoms with Crippen molar-refractivity contribution in [3.05, 3.63) is 71.1 Å². The molecule has 1 N–H and O–H groups in total. The number of amides is 1. The molecule has 0 saturated heterocycles. The van der Waals surface area contributed by atoms with E-state index >= 15 is 0 Å². The van der Waals surface area contributed by atoms with E-state index in [-0.39, 0.29) is 5.91 Å². The Bertz CT molecular complexity index is 1100. The molecule has 0 saturated carbocycles. The quantitative estimate of drug-likeness (QED) is 0.575. The van der Waals surface area contributed by atoms with Gasteiger partial charge in [0.1, 0.15) is 5.01 Å². The summed E-state index contributed by atoms with van der Waals surface area (Å²) < 4.78 is 2.06. The van der Waals surface area contributed by atoms with Gasteiger partial charge >= 0.3 is 0 Å². The number of para-hydroxylation sites is 1. The molecule has 0 aliphatic carbocycles. The van der Waals surface area contributed by atoms with Gasteiger partial charge in [-0.3, -0.25) is 9.78 Å². The summed E-state index contributed by atoms with van der Waals surface area (Å²) in [4.78, 5) is 22.3. The van der Waals surface area contributed by atoms with Crippen molar-refractivity contribution in [2.75, 3.05) is 0 Å². The maximum atomic E-state index is 12.5. The number of hydrogen-bond donors (Lipinski definition) is 1. The van der Waals surface area contributed by atoms with Crippen LogP contribution in [-0.2, 0) is 24.8 Å². The first-order chi connectivity index (χ1) is 13.1. The molecule has 6 heteroatoms. The summed E-state index contributed by atoms with van der Waals surface area (Å²) in [5, 5.41) is 5.09. The molecule has 3 heterocycles. The Morgan fingerprint density at radius 3 is 2.89 bits per heavy atom. The number of aryl methyl sites for hydroxylation is 2. The van der Waals surface area contributed by atoms with Gasteiger partial charge < -0.3 is 9.88 Å². The third-order valence-corrected chi connectivity index (χ3v) is 5.78. The van der Waals surface area contributed by atoms with Gasteiger partial charge in [-0.25, -0.2) is 4.98 Å². The second-order valence-electron chi connectivity index (χ2n) is 6.51. The average molecular weight is 376 g/mol. The SMILES string of the molecule is Cc1nc(-c2cccnc2)sc1CNC(=O)Cc1cn(C)c2ccccc12. The predicted molar refractivity (Wildman–Crippen MR) is 109 cm³/mol. The molecule has 0 unspecified atom stereocenters. The monoisotopic (exact) mass is 376 g/mol. The minimum atomic E-state index is 0.0158. The van der Waals surface area contributed by atoms with Gasteiger partial charge in [-0.15, -0.1) is 11.3 Å². The lowest BCUT2D eigenvalue weighted by Crippen LogP contribution is -2.24. The van der Waals surface area contributed by atoms with Gasteiger partial charge in [-0.05, 0) is 30.7 Å². The Morgan fingerprint density at radius 1 is 1.22 bits per heavy atom. The molecule has 1 aromatic carbocycles. The van der Waals surface area contributed by atoms with Crippen molar-refractivity contribution in [1.82, 2.24) is 19.9 Å². The molecule has 0 atom stereocenters. The summed E-state index contributed by atoms with van der Waals surface area (Å²) in [5.41, 5.74) is 4.13. The summed E-state index contributed by atoms with van der Waals surface area (Å²) in [6, 6.07) is 12.0. The van der Waals surface area contributed by atoms with Crippen LogP contribution >= 0.6 is 11.3 Å². The molecule has 4 rings (SSSR count). The standard InChI is InChI=1S/C21H20N4OS/c1-14-19(27-21(24-14)15-6-5-9-22-11-15)12-23-20(26)10-16-13-25(2)18-8-4-3-7-17(16)18/h3-9,11,13H,10,12H2,1-2H3,(H,23,26). The van der Waals surface area contributed by atoms with Gasteiger partial charge in [-0.2, -0.15) is 0 Å². The average Bonchev–Trinajstić information content (AvgIpc) is 3.21. The van der Waals surface area contributed by atoms with Crippen LogP contribution in [0.2, 0.25) is 0 Å². The minimum Gasteiger partial charge on any atom is -0.351 e. The second-order valence-corrected chi connectivity index (χ2v) is 7.59. The Morgan fingerprint density at radius 2 is 2.07 bits per heavy atom. The summed E-state index contributed by atoms with van der Waals surface area (Å²) in [6.45, 7) is 2.47. The fraction of sp³-hybridized carbons (Fsp3) is 0.190. The molecule has 3 aromatic heterocycles. The fourth-order valence-corrected chi connectivity index (χ4v) is 4.18. The molecule has 0 aliphatic heterocycles. The van der Waals surface area contributed by atoms with Gasteiger partial charge in [0.2, 0.25) is 5.91 Å². The molecule has 0 spiro atoms. The van der Waals surface area contributed by atoms with E-state index in [0.29, 0.717) is 13.0 Å². The van der Waals surface area contributed by atoms with Crippen LogP contribution in [0.1, 0.15) is 16.1 Å². The van der Waals surface area contributed by atoms with Crippen molar-refractivity contribution in [3.8, 4) is 10.6 Å². The zero-order valence-corrected chi connectivity index (χ0v) is 16.1. The van der Waals surface area contributed by atoms with Crippen molar-refractivity contribution in [2.24, 2.45) is 7.05 Å². The number of carbonyl (C=O) groups excluding carboxylic acids is 1. The highest BCUT2D eigenvalue weighted by atomic mass is 32.1. The van der Waals surface area contributed by atoms with Crippen molar-refractivity contribution in [2.45, 2.75) is 19.9 Å². The van der Waals surface area contributed by atoms with E-state index in [0.717, 1.165) is 37.6 Å². The number of pyridine rings is 1. The van der Waals surface area contributed by atoms with Gasteiger partial charge in [-0.1, -0.05) is 18.2 Å². The highest BCUT2D eigenvalue weighted by Gasteiger charge is 2.13. The van der Waals surface area contributed by atoms with Crippen molar-refractivity contribution in [1.29, 1.82) is 0 Å². The Kier molecular flexibility index (Phi) is 4.73.